The number of aliphatic hydroxyl groups is 1. The summed E-state index contributed by atoms with van der Waals surface area (Å²) in [5.41, 5.74) is 1.38. The maximum absolute atomic E-state index is 13.9. The molecule has 6 nitrogen and oxygen atoms in total. The van der Waals surface area contributed by atoms with Crippen LogP contribution in [0.1, 0.15) is 42.6 Å². The Labute approximate surface area is 234 Å². The summed E-state index contributed by atoms with van der Waals surface area (Å²) in [6.45, 7) is 3.09. The second-order valence-electron chi connectivity index (χ2n) is 8.87. The zero-order valence-electron chi connectivity index (χ0n) is 20.6. The van der Waals surface area contributed by atoms with Crippen molar-refractivity contribution in [2.75, 3.05) is 19.8 Å². The van der Waals surface area contributed by atoms with Gasteiger partial charge in [-0.3, -0.25) is 4.79 Å². The van der Waals surface area contributed by atoms with E-state index in [9.17, 15) is 4.79 Å². The second kappa shape index (κ2) is 12.7. The van der Waals surface area contributed by atoms with Crippen LogP contribution >= 0.6 is 31.9 Å². The van der Waals surface area contributed by atoms with Crippen LogP contribution in [0, 0.1) is 0 Å². The minimum Gasteiger partial charge on any atom is -0.494 e. The lowest BCUT2D eigenvalue weighted by atomic mass is 9.82. The number of amides is 1. The predicted molar refractivity (Wildman–Crippen MR) is 152 cm³/mol. The molecule has 0 spiro atoms. The van der Waals surface area contributed by atoms with Crippen LogP contribution in [-0.2, 0) is 16.0 Å². The molecule has 194 valence electrons. The van der Waals surface area contributed by atoms with Crippen molar-refractivity contribution in [2.45, 2.75) is 37.8 Å². The molecule has 0 unspecified atom stereocenters. The van der Waals surface area contributed by atoms with Crippen molar-refractivity contribution in [2.24, 2.45) is 4.99 Å². The van der Waals surface area contributed by atoms with Crippen molar-refractivity contribution >= 4 is 43.7 Å². The van der Waals surface area contributed by atoms with E-state index in [1.165, 1.54) is 0 Å². The molecule has 0 saturated heterocycles. The number of halogens is 2. The van der Waals surface area contributed by atoms with Crippen LogP contribution in [0.4, 0.5) is 0 Å². The zero-order valence-corrected chi connectivity index (χ0v) is 23.8. The standard InChI is InChI=1S/C29H30Br2N2O4/c1-2-16-32-28(35)29(19-20-8-12-22(30)13-9-20)26(24-6-3-4-7-25(24)31)37-27(33-29)21-10-14-23(15-11-21)36-18-5-17-34/h3-4,6-15,26,34H,2,5,16-19H2,1H3,(H,32,35)/t26-,29-/m1/s1. The van der Waals surface area contributed by atoms with Crippen molar-refractivity contribution in [3.8, 4) is 5.75 Å². The first-order valence-electron chi connectivity index (χ1n) is 12.3. The number of nitrogens with one attached hydrogen (secondary N) is 1. The highest BCUT2D eigenvalue weighted by atomic mass is 79.9. The number of hydrogen-bond donors (Lipinski definition) is 2. The number of nitrogens with zero attached hydrogens (tertiary/aromatic N) is 1. The first kappa shape index (κ1) is 27.4. The van der Waals surface area contributed by atoms with Crippen LogP contribution in [0.25, 0.3) is 0 Å². The van der Waals surface area contributed by atoms with Gasteiger partial charge in [0.2, 0.25) is 5.90 Å². The van der Waals surface area contributed by atoms with E-state index in [-0.39, 0.29) is 12.5 Å². The van der Waals surface area contributed by atoms with Crippen LogP contribution in [0.2, 0.25) is 0 Å². The maximum Gasteiger partial charge on any atom is 0.252 e. The Morgan fingerprint density at radius 3 is 2.49 bits per heavy atom. The van der Waals surface area contributed by atoms with E-state index in [1.54, 1.807) is 0 Å². The normalized spacial score (nSPS) is 18.7. The maximum atomic E-state index is 13.9. The lowest BCUT2D eigenvalue weighted by Gasteiger charge is -2.31. The summed E-state index contributed by atoms with van der Waals surface area (Å²) in [7, 11) is 0. The summed E-state index contributed by atoms with van der Waals surface area (Å²) >= 11 is 7.17. The lowest BCUT2D eigenvalue weighted by Crippen LogP contribution is -2.50. The largest absolute Gasteiger partial charge is 0.494 e. The van der Waals surface area contributed by atoms with Crippen molar-refractivity contribution in [1.29, 1.82) is 0 Å². The van der Waals surface area contributed by atoms with Gasteiger partial charge in [-0.25, -0.2) is 4.99 Å². The molecule has 0 saturated carbocycles. The van der Waals surface area contributed by atoms with Gasteiger partial charge in [-0.1, -0.05) is 69.1 Å². The molecule has 3 aromatic carbocycles. The molecule has 37 heavy (non-hydrogen) atoms. The van der Waals surface area contributed by atoms with Gasteiger partial charge in [0.1, 0.15) is 5.75 Å². The quantitative estimate of drug-likeness (QED) is 0.255. The number of rotatable bonds is 11. The summed E-state index contributed by atoms with van der Waals surface area (Å²) in [6.07, 6.45) is 1.11. The third kappa shape index (κ3) is 6.43. The number of aliphatic hydroxyl groups excluding tert-OH is 1. The molecule has 0 fully saturated rings. The molecule has 1 aliphatic rings. The van der Waals surface area contributed by atoms with Crippen LogP contribution in [-0.4, -0.2) is 42.2 Å². The van der Waals surface area contributed by atoms with Gasteiger partial charge in [0.15, 0.2) is 11.6 Å². The van der Waals surface area contributed by atoms with E-state index in [0.29, 0.717) is 37.6 Å². The van der Waals surface area contributed by atoms with E-state index in [2.05, 4.69) is 37.2 Å². The van der Waals surface area contributed by atoms with Gasteiger partial charge in [0.25, 0.3) is 5.91 Å². The molecule has 1 aliphatic heterocycles. The molecule has 2 N–H and O–H groups in total. The van der Waals surface area contributed by atoms with Gasteiger partial charge in [0, 0.05) is 46.1 Å². The van der Waals surface area contributed by atoms with Crippen molar-refractivity contribution in [3.05, 3.63) is 98.4 Å². The van der Waals surface area contributed by atoms with E-state index in [0.717, 1.165) is 32.1 Å². The molecule has 0 aromatic heterocycles. The molecule has 0 bridgehead atoms. The lowest BCUT2D eigenvalue weighted by molar-refractivity contribution is -0.128. The Kier molecular flexibility index (Phi) is 9.40. The fraction of sp³-hybridized carbons (Fsp3) is 0.310. The second-order valence-corrected chi connectivity index (χ2v) is 10.6. The molecule has 3 aromatic rings. The van der Waals surface area contributed by atoms with E-state index >= 15 is 0 Å². The Balaban J connectivity index is 1.77. The highest BCUT2D eigenvalue weighted by molar-refractivity contribution is 9.10. The number of benzene rings is 3. The number of aliphatic imine (C=N–C) groups is 1. The third-order valence-corrected chi connectivity index (χ3v) is 7.39. The van der Waals surface area contributed by atoms with Crippen LogP contribution in [0.3, 0.4) is 0 Å². The van der Waals surface area contributed by atoms with Gasteiger partial charge < -0.3 is 19.9 Å². The third-order valence-electron chi connectivity index (χ3n) is 6.14. The summed E-state index contributed by atoms with van der Waals surface area (Å²) in [5, 5.41) is 12.1. The molecule has 1 heterocycles. The number of carbonyl (C=O) groups excluding carboxylic acids is 1. The topological polar surface area (TPSA) is 80.2 Å². The Hall–Kier alpha value is -2.68. The van der Waals surface area contributed by atoms with Crippen LogP contribution in [0.5, 0.6) is 5.75 Å². The van der Waals surface area contributed by atoms with Gasteiger partial charge >= 0.3 is 0 Å². The summed E-state index contributed by atoms with van der Waals surface area (Å²) in [4.78, 5) is 18.9. The minimum atomic E-state index is -1.21. The fourth-order valence-corrected chi connectivity index (χ4v) is 5.01. The fourth-order valence-electron chi connectivity index (χ4n) is 4.25. The van der Waals surface area contributed by atoms with E-state index in [4.69, 9.17) is 19.6 Å². The minimum absolute atomic E-state index is 0.0830. The molecule has 8 heteroatoms. The average molecular weight is 630 g/mol. The van der Waals surface area contributed by atoms with Crippen LogP contribution in [0.15, 0.2) is 86.7 Å². The van der Waals surface area contributed by atoms with E-state index in [1.807, 2.05) is 79.7 Å². The molecular weight excluding hydrogens is 600 g/mol. The van der Waals surface area contributed by atoms with Gasteiger partial charge in [-0.05, 0) is 54.4 Å². The molecule has 4 rings (SSSR count). The number of ether oxygens (including phenoxy) is 2. The zero-order chi connectivity index (χ0) is 26.3. The molecule has 0 aliphatic carbocycles. The highest BCUT2D eigenvalue weighted by Crippen LogP contribution is 2.44. The van der Waals surface area contributed by atoms with Crippen LogP contribution < -0.4 is 10.1 Å². The highest BCUT2D eigenvalue weighted by Gasteiger charge is 2.53. The van der Waals surface area contributed by atoms with Gasteiger partial charge in [-0.2, -0.15) is 0 Å². The average Bonchev–Trinajstić information content (AvgIpc) is 3.29. The monoisotopic (exact) mass is 628 g/mol. The van der Waals surface area contributed by atoms with Crippen molar-refractivity contribution < 1.29 is 19.4 Å². The van der Waals surface area contributed by atoms with Crippen molar-refractivity contribution in [1.82, 2.24) is 5.32 Å². The Morgan fingerprint density at radius 1 is 1.08 bits per heavy atom. The molecule has 1 amide bonds. The predicted octanol–water partition coefficient (Wildman–Crippen LogP) is 6.00. The molecule has 2 atom stereocenters. The SMILES string of the molecule is CCCNC(=O)[C@]1(Cc2ccc(Br)cc2)N=C(c2ccc(OCCCO)cc2)O[C@@H]1c1ccccc1Br. The first-order chi connectivity index (χ1) is 18.0. The van der Waals surface area contributed by atoms with E-state index < -0.39 is 11.6 Å². The first-order valence-corrected chi connectivity index (χ1v) is 13.9. The summed E-state index contributed by atoms with van der Waals surface area (Å²) < 4.78 is 14.0. The molecule has 0 radical (unpaired) electrons. The van der Waals surface area contributed by atoms with Gasteiger partial charge in [0.05, 0.1) is 6.61 Å². The Bertz CT molecular complexity index is 1230. The number of hydrogen-bond acceptors (Lipinski definition) is 5. The van der Waals surface area contributed by atoms with Crippen molar-refractivity contribution in [3.63, 3.8) is 0 Å². The van der Waals surface area contributed by atoms with Gasteiger partial charge in [-0.15, -0.1) is 0 Å². The molecular formula is C29H30Br2N2O4. The number of carbonyl (C=O) groups is 1. The summed E-state index contributed by atoms with van der Waals surface area (Å²) in [5.74, 6) is 0.934. The smallest absolute Gasteiger partial charge is 0.252 e. The summed E-state index contributed by atoms with van der Waals surface area (Å²) in [6, 6.07) is 23.2. The Morgan fingerprint density at radius 2 is 1.81 bits per heavy atom.